The molecule has 1 aromatic carbocycles. The third kappa shape index (κ3) is 2.94. The number of rotatable bonds is 3. The maximum Gasteiger partial charge on any atom is 0.134 e. The number of hydrogen-bond acceptors (Lipinski definition) is 1. The van der Waals surface area contributed by atoms with Gasteiger partial charge in [0.2, 0.25) is 0 Å². The van der Waals surface area contributed by atoms with E-state index in [1.807, 2.05) is 12.1 Å². The Labute approximate surface area is 124 Å². The van der Waals surface area contributed by atoms with Crippen molar-refractivity contribution >= 4 is 15.9 Å². The zero-order valence-electron chi connectivity index (χ0n) is 12.1. The number of halogens is 1. The fourth-order valence-electron chi connectivity index (χ4n) is 2.35. The second-order valence-corrected chi connectivity index (χ2v) is 6.44. The standard InChI is InChI=1S/C17H21BrO/c1-5-14-12(11-18)9-13(17(2,3)4)10-15(14)16-7-6-8-19-16/h6-10H,5,11H2,1-4H3. The smallest absolute Gasteiger partial charge is 0.134 e. The molecular formula is C17H21BrO. The van der Waals surface area contributed by atoms with Crippen molar-refractivity contribution in [3.05, 3.63) is 47.2 Å². The van der Waals surface area contributed by atoms with Crippen LogP contribution in [-0.2, 0) is 17.2 Å². The second kappa shape index (κ2) is 5.54. The lowest BCUT2D eigenvalue weighted by atomic mass is 9.83. The van der Waals surface area contributed by atoms with Gasteiger partial charge < -0.3 is 4.42 Å². The minimum Gasteiger partial charge on any atom is -0.464 e. The van der Waals surface area contributed by atoms with Gasteiger partial charge in [-0.15, -0.1) is 0 Å². The summed E-state index contributed by atoms with van der Waals surface area (Å²) in [5.41, 5.74) is 5.46. The number of alkyl halides is 1. The third-order valence-corrected chi connectivity index (χ3v) is 4.10. The van der Waals surface area contributed by atoms with Gasteiger partial charge >= 0.3 is 0 Å². The Balaban J connectivity index is 2.69. The minimum absolute atomic E-state index is 0.143. The number of furan rings is 1. The van der Waals surface area contributed by atoms with E-state index in [9.17, 15) is 0 Å². The quantitative estimate of drug-likeness (QED) is 0.661. The van der Waals surface area contributed by atoms with E-state index in [0.29, 0.717) is 0 Å². The van der Waals surface area contributed by atoms with Crippen LogP contribution in [0.25, 0.3) is 11.3 Å². The maximum atomic E-state index is 5.61. The van der Waals surface area contributed by atoms with Gasteiger partial charge in [-0.3, -0.25) is 0 Å². The first-order valence-corrected chi connectivity index (χ1v) is 7.85. The van der Waals surface area contributed by atoms with Crippen molar-refractivity contribution in [3.63, 3.8) is 0 Å². The molecule has 0 radical (unpaired) electrons. The van der Waals surface area contributed by atoms with Gasteiger partial charge in [-0.25, -0.2) is 0 Å². The molecule has 0 amide bonds. The lowest BCUT2D eigenvalue weighted by Crippen LogP contribution is -2.12. The van der Waals surface area contributed by atoms with Crippen LogP contribution in [0.2, 0.25) is 0 Å². The van der Waals surface area contributed by atoms with Crippen LogP contribution in [0.3, 0.4) is 0 Å². The van der Waals surface area contributed by atoms with E-state index in [-0.39, 0.29) is 5.41 Å². The van der Waals surface area contributed by atoms with Crippen LogP contribution in [0.15, 0.2) is 34.9 Å². The molecule has 2 heteroatoms. The zero-order valence-corrected chi connectivity index (χ0v) is 13.7. The van der Waals surface area contributed by atoms with E-state index in [2.05, 4.69) is 55.8 Å². The summed E-state index contributed by atoms with van der Waals surface area (Å²) in [5.74, 6) is 0.963. The molecule has 2 rings (SSSR count). The van der Waals surface area contributed by atoms with Crippen LogP contribution >= 0.6 is 15.9 Å². The van der Waals surface area contributed by atoms with Crippen LogP contribution in [0, 0.1) is 0 Å². The maximum absolute atomic E-state index is 5.61. The highest BCUT2D eigenvalue weighted by molar-refractivity contribution is 9.08. The third-order valence-electron chi connectivity index (χ3n) is 3.49. The molecule has 0 atom stereocenters. The van der Waals surface area contributed by atoms with Gasteiger partial charge in [0.1, 0.15) is 5.76 Å². The van der Waals surface area contributed by atoms with E-state index < -0.39 is 0 Å². The average Bonchev–Trinajstić information content (AvgIpc) is 2.89. The van der Waals surface area contributed by atoms with Gasteiger partial charge in [-0.05, 0) is 46.7 Å². The molecule has 0 fully saturated rings. The molecule has 0 bridgehead atoms. The van der Waals surface area contributed by atoms with E-state index >= 15 is 0 Å². The van der Waals surface area contributed by atoms with E-state index in [0.717, 1.165) is 17.5 Å². The predicted molar refractivity (Wildman–Crippen MR) is 84.9 cm³/mol. The first kappa shape index (κ1) is 14.4. The van der Waals surface area contributed by atoms with Crippen LogP contribution < -0.4 is 0 Å². The van der Waals surface area contributed by atoms with Crippen molar-refractivity contribution in [1.29, 1.82) is 0 Å². The van der Waals surface area contributed by atoms with Gasteiger partial charge in [0.25, 0.3) is 0 Å². The first-order valence-electron chi connectivity index (χ1n) is 6.73. The lowest BCUT2D eigenvalue weighted by molar-refractivity contribution is 0.577. The molecule has 0 N–H and O–H groups in total. The average molecular weight is 321 g/mol. The van der Waals surface area contributed by atoms with Gasteiger partial charge in [-0.2, -0.15) is 0 Å². The van der Waals surface area contributed by atoms with Gasteiger partial charge in [-0.1, -0.05) is 49.7 Å². The Bertz CT molecular complexity index is 547. The van der Waals surface area contributed by atoms with E-state index in [1.165, 1.54) is 22.3 Å². The minimum atomic E-state index is 0.143. The van der Waals surface area contributed by atoms with Crippen LogP contribution in [0.1, 0.15) is 44.4 Å². The summed E-state index contributed by atoms with van der Waals surface area (Å²) in [5, 5.41) is 0.883. The molecule has 0 aliphatic rings. The Morgan fingerprint density at radius 1 is 1.21 bits per heavy atom. The summed E-state index contributed by atoms with van der Waals surface area (Å²) in [6, 6.07) is 8.59. The van der Waals surface area contributed by atoms with Gasteiger partial charge in [0.15, 0.2) is 0 Å². The van der Waals surface area contributed by atoms with E-state index in [4.69, 9.17) is 4.42 Å². The monoisotopic (exact) mass is 320 g/mol. The van der Waals surface area contributed by atoms with Crippen molar-refractivity contribution in [2.24, 2.45) is 0 Å². The Hall–Kier alpha value is -1.02. The molecule has 0 aliphatic carbocycles. The molecule has 0 saturated heterocycles. The fraction of sp³-hybridized carbons (Fsp3) is 0.412. The summed E-state index contributed by atoms with van der Waals surface area (Å²) in [6.07, 6.45) is 2.76. The normalized spacial score (nSPS) is 11.8. The number of benzene rings is 1. The Morgan fingerprint density at radius 3 is 2.42 bits per heavy atom. The lowest BCUT2D eigenvalue weighted by Gasteiger charge is -2.23. The fourth-order valence-corrected chi connectivity index (χ4v) is 2.85. The van der Waals surface area contributed by atoms with Crippen molar-refractivity contribution in [1.82, 2.24) is 0 Å². The number of hydrogen-bond donors (Lipinski definition) is 0. The van der Waals surface area contributed by atoms with E-state index in [1.54, 1.807) is 6.26 Å². The highest BCUT2D eigenvalue weighted by Crippen LogP contribution is 2.34. The Morgan fingerprint density at radius 2 is 1.95 bits per heavy atom. The molecule has 1 heterocycles. The summed E-state index contributed by atoms with van der Waals surface area (Å²) in [6.45, 7) is 8.94. The molecule has 1 nitrogen and oxygen atoms in total. The highest BCUT2D eigenvalue weighted by atomic mass is 79.9. The summed E-state index contributed by atoms with van der Waals surface area (Å²) < 4.78 is 5.61. The molecule has 0 saturated carbocycles. The summed E-state index contributed by atoms with van der Waals surface area (Å²) >= 11 is 3.62. The summed E-state index contributed by atoms with van der Waals surface area (Å²) in [7, 11) is 0. The van der Waals surface area contributed by atoms with Crippen molar-refractivity contribution in [2.45, 2.75) is 44.9 Å². The molecule has 2 aromatic rings. The topological polar surface area (TPSA) is 13.1 Å². The van der Waals surface area contributed by atoms with Gasteiger partial charge in [0, 0.05) is 10.9 Å². The van der Waals surface area contributed by atoms with Crippen molar-refractivity contribution in [3.8, 4) is 11.3 Å². The first-order chi connectivity index (χ1) is 8.97. The van der Waals surface area contributed by atoms with Gasteiger partial charge in [0.05, 0.1) is 6.26 Å². The largest absolute Gasteiger partial charge is 0.464 e. The SMILES string of the molecule is CCc1c(CBr)cc(C(C)(C)C)cc1-c1ccco1. The molecule has 0 spiro atoms. The molecule has 1 aromatic heterocycles. The molecule has 102 valence electrons. The molecule has 0 unspecified atom stereocenters. The zero-order chi connectivity index (χ0) is 14.0. The molecular weight excluding hydrogens is 300 g/mol. The summed E-state index contributed by atoms with van der Waals surface area (Å²) in [4.78, 5) is 0. The van der Waals surface area contributed by atoms with Crippen LogP contribution in [0.4, 0.5) is 0 Å². The van der Waals surface area contributed by atoms with Crippen molar-refractivity contribution in [2.75, 3.05) is 0 Å². The van der Waals surface area contributed by atoms with Crippen LogP contribution in [-0.4, -0.2) is 0 Å². The second-order valence-electron chi connectivity index (χ2n) is 5.88. The molecule has 19 heavy (non-hydrogen) atoms. The highest BCUT2D eigenvalue weighted by Gasteiger charge is 2.19. The predicted octanol–water partition coefficient (Wildman–Crippen LogP) is 5.70. The van der Waals surface area contributed by atoms with Crippen molar-refractivity contribution < 1.29 is 4.42 Å². The molecule has 0 aliphatic heterocycles. The van der Waals surface area contributed by atoms with Crippen LogP contribution in [0.5, 0.6) is 0 Å². The Kier molecular flexibility index (Phi) is 4.19.